The van der Waals surface area contributed by atoms with Gasteiger partial charge in [0.1, 0.15) is 0 Å². The molecule has 0 bridgehead atoms. The summed E-state index contributed by atoms with van der Waals surface area (Å²) in [7, 11) is -3.15. The fourth-order valence-electron chi connectivity index (χ4n) is 4.82. The van der Waals surface area contributed by atoms with Gasteiger partial charge >= 0.3 is 0 Å². The highest BCUT2D eigenvalue weighted by Gasteiger charge is 2.60. The minimum Gasteiger partial charge on any atom is -0.356 e. The number of nitrogens with zero attached hydrogens (tertiary/aromatic N) is 2. The van der Waals surface area contributed by atoms with E-state index in [1.54, 1.807) is 4.31 Å². The zero-order valence-corrected chi connectivity index (χ0v) is 17.0. The molecule has 1 aromatic rings. The summed E-state index contributed by atoms with van der Waals surface area (Å²) in [6.07, 6.45) is 4.00. The van der Waals surface area contributed by atoms with Gasteiger partial charge in [-0.1, -0.05) is 30.3 Å². The second-order valence-electron chi connectivity index (χ2n) is 9.27. The van der Waals surface area contributed by atoms with E-state index in [0.717, 1.165) is 32.5 Å². The van der Waals surface area contributed by atoms with Crippen molar-refractivity contribution in [3.05, 3.63) is 35.9 Å². The van der Waals surface area contributed by atoms with Crippen LogP contribution in [0.1, 0.15) is 31.2 Å². The molecule has 2 aliphatic carbocycles. The second kappa shape index (κ2) is 6.82. The third kappa shape index (κ3) is 3.48. The van der Waals surface area contributed by atoms with Gasteiger partial charge in [-0.2, -0.15) is 0 Å². The monoisotopic (exact) mass is 403 g/mol. The maximum absolute atomic E-state index is 13.0. The number of sulfonamides is 1. The SMILES string of the molecule is O=C(NCC1CC1)C1CN(Cc2ccccc2)CC12CN(S(=O)(=O)C1CC1)C2. The lowest BCUT2D eigenvalue weighted by atomic mass is 9.72. The summed E-state index contributed by atoms with van der Waals surface area (Å²) in [5.74, 6) is 0.640. The molecule has 0 aromatic heterocycles. The molecule has 28 heavy (non-hydrogen) atoms. The first kappa shape index (κ1) is 18.6. The Bertz CT molecular complexity index is 843. The van der Waals surface area contributed by atoms with Crippen molar-refractivity contribution in [1.29, 1.82) is 0 Å². The molecule has 4 aliphatic rings. The first-order valence-electron chi connectivity index (χ1n) is 10.5. The van der Waals surface area contributed by atoms with Crippen LogP contribution in [0, 0.1) is 17.3 Å². The highest BCUT2D eigenvalue weighted by molar-refractivity contribution is 7.90. The molecule has 1 spiro atoms. The number of nitrogens with one attached hydrogen (secondary N) is 1. The molecular formula is C21H29N3O3S. The predicted molar refractivity (Wildman–Crippen MR) is 107 cm³/mol. The highest BCUT2D eigenvalue weighted by Crippen LogP contribution is 2.47. The Morgan fingerprint density at radius 3 is 2.43 bits per heavy atom. The maximum atomic E-state index is 13.0. The van der Waals surface area contributed by atoms with Gasteiger partial charge in [-0.05, 0) is 37.2 Å². The molecular weight excluding hydrogens is 374 g/mol. The molecule has 2 saturated carbocycles. The molecule has 152 valence electrons. The van der Waals surface area contributed by atoms with Crippen LogP contribution in [-0.2, 0) is 21.4 Å². The normalized spacial score (nSPS) is 27.6. The van der Waals surface area contributed by atoms with Crippen LogP contribution in [0.25, 0.3) is 0 Å². The maximum Gasteiger partial charge on any atom is 0.225 e. The molecule has 1 N–H and O–H groups in total. The lowest BCUT2D eigenvalue weighted by molar-refractivity contribution is -0.130. The van der Waals surface area contributed by atoms with Gasteiger partial charge in [-0.3, -0.25) is 9.69 Å². The Kier molecular flexibility index (Phi) is 4.52. The molecule has 6 nitrogen and oxygen atoms in total. The van der Waals surface area contributed by atoms with Crippen molar-refractivity contribution in [2.24, 2.45) is 17.3 Å². The van der Waals surface area contributed by atoms with E-state index in [9.17, 15) is 13.2 Å². The van der Waals surface area contributed by atoms with Crippen LogP contribution in [-0.4, -0.2) is 61.5 Å². The van der Waals surface area contributed by atoms with Crippen molar-refractivity contribution < 1.29 is 13.2 Å². The van der Waals surface area contributed by atoms with Gasteiger partial charge in [0, 0.05) is 44.7 Å². The van der Waals surface area contributed by atoms with Crippen LogP contribution in [0.4, 0.5) is 0 Å². The van der Waals surface area contributed by atoms with Gasteiger partial charge in [0.25, 0.3) is 0 Å². The van der Waals surface area contributed by atoms with Crippen LogP contribution in [0.2, 0.25) is 0 Å². The van der Waals surface area contributed by atoms with E-state index in [1.807, 2.05) is 18.2 Å². The lowest BCUT2D eigenvalue weighted by Gasteiger charge is -2.49. The van der Waals surface area contributed by atoms with Gasteiger partial charge in [-0.25, -0.2) is 12.7 Å². The Morgan fingerprint density at radius 1 is 1.07 bits per heavy atom. The minimum absolute atomic E-state index is 0.117. The fourth-order valence-corrected chi connectivity index (χ4v) is 6.85. The molecule has 1 amide bonds. The molecule has 1 unspecified atom stereocenters. The summed E-state index contributed by atoms with van der Waals surface area (Å²) in [5, 5.41) is 2.98. The van der Waals surface area contributed by atoms with Crippen LogP contribution in [0.5, 0.6) is 0 Å². The summed E-state index contributed by atoms with van der Waals surface area (Å²) >= 11 is 0. The zero-order chi connectivity index (χ0) is 19.4. The molecule has 0 radical (unpaired) electrons. The first-order valence-corrected chi connectivity index (χ1v) is 12.0. The molecule has 2 saturated heterocycles. The van der Waals surface area contributed by atoms with Gasteiger partial charge in [-0.15, -0.1) is 0 Å². The van der Waals surface area contributed by atoms with Gasteiger partial charge < -0.3 is 5.32 Å². The highest BCUT2D eigenvalue weighted by atomic mass is 32.2. The first-order chi connectivity index (χ1) is 13.5. The van der Waals surface area contributed by atoms with Gasteiger partial charge in [0.2, 0.25) is 15.9 Å². The number of carbonyl (C=O) groups excluding carboxylic acids is 1. The Morgan fingerprint density at radius 2 is 1.79 bits per heavy atom. The minimum atomic E-state index is -3.15. The Labute approximate surface area is 167 Å². The van der Waals surface area contributed by atoms with Crippen LogP contribution < -0.4 is 5.32 Å². The molecule has 1 aromatic carbocycles. The number of rotatable bonds is 7. The third-order valence-corrected chi connectivity index (χ3v) is 9.13. The molecule has 2 heterocycles. The number of carbonyl (C=O) groups is 1. The summed E-state index contributed by atoms with van der Waals surface area (Å²) in [4.78, 5) is 15.3. The summed E-state index contributed by atoms with van der Waals surface area (Å²) in [6.45, 7) is 4.08. The van der Waals surface area contributed by atoms with E-state index in [1.165, 1.54) is 18.4 Å². The topological polar surface area (TPSA) is 69.7 Å². The van der Waals surface area contributed by atoms with Crippen molar-refractivity contribution in [2.75, 3.05) is 32.7 Å². The van der Waals surface area contributed by atoms with Crippen molar-refractivity contribution in [1.82, 2.24) is 14.5 Å². The molecule has 2 aliphatic heterocycles. The van der Waals surface area contributed by atoms with Crippen LogP contribution >= 0.6 is 0 Å². The summed E-state index contributed by atoms with van der Waals surface area (Å²) in [5.41, 5.74) is 1.00. The van der Waals surface area contributed by atoms with Crippen molar-refractivity contribution in [3.63, 3.8) is 0 Å². The number of hydrogen-bond acceptors (Lipinski definition) is 4. The average Bonchev–Trinajstić information content (AvgIpc) is 3.55. The Hall–Kier alpha value is -1.44. The summed E-state index contributed by atoms with van der Waals surface area (Å²) in [6, 6.07) is 10.3. The van der Waals surface area contributed by atoms with Crippen molar-refractivity contribution >= 4 is 15.9 Å². The van der Waals surface area contributed by atoms with Crippen LogP contribution in [0.15, 0.2) is 30.3 Å². The smallest absolute Gasteiger partial charge is 0.225 e. The number of likely N-dealkylation sites (tertiary alicyclic amines) is 1. The predicted octanol–water partition coefficient (Wildman–Crippen LogP) is 1.44. The van der Waals surface area contributed by atoms with E-state index in [0.29, 0.717) is 25.6 Å². The largest absolute Gasteiger partial charge is 0.356 e. The standard InChI is InChI=1S/C21H29N3O3S/c25-20(22-10-16-6-7-16)19-12-23(11-17-4-2-1-3-5-17)13-21(19)14-24(15-21)28(26,27)18-8-9-18/h1-5,16,18-19H,6-15H2,(H,22,25). The van der Waals surface area contributed by atoms with Gasteiger partial charge in [0.05, 0.1) is 11.2 Å². The number of amides is 1. The number of benzene rings is 1. The van der Waals surface area contributed by atoms with E-state index in [4.69, 9.17) is 0 Å². The molecule has 1 atom stereocenters. The third-order valence-electron chi connectivity index (χ3n) is 6.83. The summed E-state index contributed by atoms with van der Waals surface area (Å²) < 4.78 is 26.8. The molecule has 5 rings (SSSR count). The van der Waals surface area contributed by atoms with Crippen molar-refractivity contribution in [2.45, 2.75) is 37.5 Å². The molecule has 7 heteroatoms. The van der Waals surface area contributed by atoms with Crippen LogP contribution in [0.3, 0.4) is 0 Å². The van der Waals surface area contributed by atoms with E-state index in [2.05, 4.69) is 22.3 Å². The van der Waals surface area contributed by atoms with E-state index < -0.39 is 10.0 Å². The van der Waals surface area contributed by atoms with Gasteiger partial charge in [0.15, 0.2) is 0 Å². The number of hydrogen-bond donors (Lipinski definition) is 1. The zero-order valence-electron chi connectivity index (χ0n) is 16.2. The fraction of sp³-hybridized carbons (Fsp3) is 0.667. The van der Waals surface area contributed by atoms with E-state index >= 15 is 0 Å². The quantitative estimate of drug-likeness (QED) is 0.748. The van der Waals surface area contributed by atoms with Crippen molar-refractivity contribution in [3.8, 4) is 0 Å². The average molecular weight is 404 g/mol. The Balaban J connectivity index is 1.30. The van der Waals surface area contributed by atoms with E-state index in [-0.39, 0.29) is 22.5 Å². The lowest BCUT2D eigenvalue weighted by Crippen LogP contribution is -2.64. The second-order valence-corrected chi connectivity index (χ2v) is 11.5. The molecule has 4 fully saturated rings.